The summed E-state index contributed by atoms with van der Waals surface area (Å²) in [4.78, 5) is 21.3. The number of benzene rings is 2. The summed E-state index contributed by atoms with van der Waals surface area (Å²) in [6.45, 7) is 3.30. The minimum absolute atomic E-state index is 0.0849. The first-order valence-corrected chi connectivity index (χ1v) is 8.62. The number of halogens is 3. The van der Waals surface area contributed by atoms with Crippen molar-refractivity contribution in [2.24, 2.45) is 0 Å². The summed E-state index contributed by atoms with van der Waals surface area (Å²) in [5.41, 5.74) is 0.710. The second-order valence-corrected chi connectivity index (χ2v) is 6.50. The number of carboxylic acid groups (broad SMARTS) is 2. The van der Waals surface area contributed by atoms with Gasteiger partial charge in [0.05, 0.1) is 17.2 Å². The van der Waals surface area contributed by atoms with Crippen LogP contribution in [0.2, 0.25) is 15.1 Å². The van der Waals surface area contributed by atoms with Crippen LogP contribution >= 0.6 is 34.8 Å². The molecule has 0 aliphatic rings. The van der Waals surface area contributed by atoms with Crippen LogP contribution in [0.4, 0.5) is 0 Å². The number of aryl methyl sites for hydroxylation is 1. The van der Waals surface area contributed by atoms with E-state index in [4.69, 9.17) is 54.5 Å². The lowest BCUT2D eigenvalue weighted by atomic mass is 10.2. The standard InChI is InChI=1S/C10H11ClO3.C8H6Cl2O3/c1-6-5-8(11)3-4-9(6)14-7(2)10(12)13;1-13-7-5(10)3-2-4(9)6(7)8(11)12/h3-5,7H,1-2H3,(H,12,13);2-3H,1H3,(H,11,12)/t7-;/m1./s1. The van der Waals surface area contributed by atoms with Gasteiger partial charge >= 0.3 is 11.9 Å². The van der Waals surface area contributed by atoms with Gasteiger partial charge in [-0.2, -0.15) is 0 Å². The number of rotatable bonds is 5. The lowest BCUT2D eigenvalue weighted by Crippen LogP contribution is -2.23. The number of methoxy groups -OCH3 is 1. The highest BCUT2D eigenvalue weighted by Crippen LogP contribution is 2.33. The van der Waals surface area contributed by atoms with Gasteiger partial charge in [0.25, 0.3) is 0 Å². The predicted molar refractivity (Wildman–Crippen MR) is 104 cm³/mol. The Hall–Kier alpha value is -2.15. The number of ether oxygens (including phenoxy) is 2. The summed E-state index contributed by atoms with van der Waals surface area (Å²) >= 11 is 17.1. The minimum Gasteiger partial charge on any atom is -0.494 e. The van der Waals surface area contributed by atoms with Crippen LogP contribution in [0.15, 0.2) is 30.3 Å². The number of hydrogen-bond acceptors (Lipinski definition) is 4. The van der Waals surface area contributed by atoms with Crippen LogP contribution in [0.3, 0.4) is 0 Å². The van der Waals surface area contributed by atoms with Gasteiger partial charge in [0.2, 0.25) is 0 Å². The van der Waals surface area contributed by atoms with E-state index in [-0.39, 0.29) is 21.4 Å². The van der Waals surface area contributed by atoms with E-state index in [9.17, 15) is 9.59 Å². The second kappa shape index (κ2) is 10.3. The predicted octanol–water partition coefficient (Wildman–Crippen LogP) is 5.20. The van der Waals surface area contributed by atoms with Gasteiger partial charge in [0.15, 0.2) is 11.9 Å². The molecule has 0 aromatic heterocycles. The van der Waals surface area contributed by atoms with Crippen LogP contribution in [0.5, 0.6) is 11.5 Å². The molecule has 9 heteroatoms. The van der Waals surface area contributed by atoms with Crippen molar-refractivity contribution in [3.05, 3.63) is 56.5 Å². The molecule has 146 valence electrons. The van der Waals surface area contributed by atoms with Crippen LogP contribution in [-0.4, -0.2) is 35.4 Å². The van der Waals surface area contributed by atoms with E-state index in [1.807, 2.05) is 6.92 Å². The van der Waals surface area contributed by atoms with Crippen LogP contribution < -0.4 is 9.47 Å². The van der Waals surface area contributed by atoms with Crippen molar-refractivity contribution in [1.29, 1.82) is 0 Å². The third kappa shape index (κ3) is 6.50. The van der Waals surface area contributed by atoms with E-state index in [1.54, 1.807) is 18.2 Å². The molecule has 0 unspecified atom stereocenters. The molecule has 0 heterocycles. The van der Waals surface area contributed by atoms with Crippen LogP contribution in [-0.2, 0) is 4.79 Å². The molecule has 0 bridgehead atoms. The number of carbonyl (C=O) groups is 2. The monoisotopic (exact) mass is 434 g/mol. The molecule has 0 radical (unpaired) electrons. The average molecular weight is 436 g/mol. The Bertz CT molecular complexity index is 838. The Morgan fingerprint density at radius 2 is 1.63 bits per heavy atom. The Morgan fingerprint density at radius 3 is 2.07 bits per heavy atom. The van der Waals surface area contributed by atoms with Crippen molar-refractivity contribution in [3.8, 4) is 11.5 Å². The first kappa shape index (κ1) is 22.9. The molecule has 2 aromatic rings. The van der Waals surface area contributed by atoms with Gasteiger partial charge in [-0.25, -0.2) is 9.59 Å². The molecule has 2 N–H and O–H groups in total. The van der Waals surface area contributed by atoms with Crippen LogP contribution in [0, 0.1) is 6.92 Å². The quantitative estimate of drug-likeness (QED) is 0.670. The Kier molecular flexibility index (Phi) is 8.69. The zero-order valence-electron chi connectivity index (χ0n) is 14.6. The summed E-state index contributed by atoms with van der Waals surface area (Å²) in [5, 5.41) is 18.4. The first-order chi connectivity index (χ1) is 12.6. The zero-order valence-corrected chi connectivity index (χ0v) is 16.9. The van der Waals surface area contributed by atoms with Gasteiger partial charge < -0.3 is 19.7 Å². The molecule has 0 fully saturated rings. The summed E-state index contributed by atoms with van der Waals surface area (Å²) < 4.78 is 10.0. The SMILES string of the molecule is COc1c(Cl)ccc(Cl)c1C(=O)O.Cc1cc(Cl)ccc1O[C@H](C)C(=O)O. The van der Waals surface area contributed by atoms with Gasteiger partial charge in [-0.15, -0.1) is 0 Å². The van der Waals surface area contributed by atoms with Crippen molar-refractivity contribution in [2.45, 2.75) is 20.0 Å². The van der Waals surface area contributed by atoms with Crippen molar-refractivity contribution < 1.29 is 29.3 Å². The van der Waals surface area contributed by atoms with Gasteiger partial charge in [-0.05, 0) is 49.7 Å². The van der Waals surface area contributed by atoms with E-state index in [2.05, 4.69) is 0 Å². The molecule has 27 heavy (non-hydrogen) atoms. The van der Waals surface area contributed by atoms with E-state index < -0.39 is 18.0 Å². The van der Waals surface area contributed by atoms with Gasteiger partial charge in [0, 0.05) is 5.02 Å². The molecule has 0 saturated heterocycles. The van der Waals surface area contributed by atoms with Crippen LogP contribution in [0.1, 0.15) is 22.8 Å². The summed E-state index contributed by atoms with van der Waals surface area (Å²) in [6.07, 6.45) is -0.852. The molecule has 1 atom stereocenters. The number of carboxylic acids is 2. The normalized spacial score (nSPS) is 11.0. The smallest absolute Gasteiger partial charge is 0.344 e. The van der Waals surface area contributed by atoms with Gasteiger partial charge in [-0.1, -0.05) is 34.8 Å². The van der Waals surface area contributed by atoms with Crippen molar-refractivity contribution in [2.75, 3.05) is 7.11 Å². The molecular weight excluding hydrogens is 419 g/mol. The maximum atomic E-state index is 10.7. The summed E-state index contributed by atoms with van der Waals surface area (Å²) in [7, 11) is 1.34. The lowest BCUT2D eigenvalue weighted by Gasteiger charge is -2.12. The van der Waals surface area contributed by atoms with Crippen molar-refractivity contribution in [1.82, 2.24) is 0 Å². The number of hydrogen-bond donors (Lipinski definition) is 2. The summed E-state index contributed by atoms with van der Waals surface area (Å²) in [6, 6.07) is 7.95. The minimum atomic E-state index is -1.16. The third-order valence-electron chi connectivity index (χ3n) is 3.27. The number of aromatic carboxylic acids is 1. The highest BCUT2D eigenvalue weighted by molar-refractivity contribution is 6.37. The number of aliphatic carboxylic acids is 1. The molecule has 0 spiro atoms. The van der Waals surface area contributed by atoms with Gasteiger partial charge in [0.1, 0.15) is 11.3 Å². The molecule has 2 aromatic carbocycles. The fourth-order valence-corrected chi connectivity index (χ4v) is 2.61. The van der Waals surface area contributed by atoms with Crippen molar-refractivity contribution >= 4 is 46.7 Å². The summed E-state index contributed by atoms with van der Waals surface area (Å²) in [5.74, 6) is -1.52. The fraction of sp³-hybridized carbons (Fsp3) is 0.222. The maximum absolute atomic E-state index is 10.7. The van der Waals surface area contributed by atoms with E-state index >= 15 is 0 Å². The van der Waals surface area contributed by atoms with E-state index in [0.29, 0.717) is 10.8 Å². The Morgan fingerprint density at radius 1 is 1.04 bits per heavy atom. The molecular formula is C18H17Cl3O6. The average Bonchev–Trinajstić information content (AvgIpc) is 2.59. The molecule has 2 rings (SSSR count). The topological polar surface area (TPSA) is 93.1 Å². The zero-order chi connectivity index (χ0) is 20.7. The molecule has 6 nitrogen and oxygen atoms in total. The van der Waals surface area contributed by atoms with Crippen LogP contribution in [0.25, 0.3) is 0 Å². The maximum Gasteiger partial charge on any atom is 0.344 e. The Balaban J connectivity index is 0.000000271. The molecule has 0 saturated carbocycles. The molecule has 0 aliphatic heterocycles. The first-order valence-electron chi connectivity index (χ1n) is 7.49. The van der Waals surface area contributed by atoms with Gasteiger partial charge in [-0.3, -0.25) is 0 Å². The largest absolute Gasteiger partial charge is 0.494 e. The fourth-order valence-electron chi connectivity index (χ4n) is 1.92. The molecule has 0 amide bonds. The van der Waals surface area contributed by atoms with E-state index in [1.165, 1.54) is 26.2 Å². The van der Waals surface area contributed by atoms with Crippen molar-refractivity contribution in [3.63, 3.8) is 0 Å². The lowest BCUT2D eigenvalue weighted by molar-refractivity contribution is -0.144. The second-order valence-electron chi connectivity index (χ2n) is 5.25. The third-order valence-corrected chi connectivity index (χ3v) is 4.11. The molecule has 0 aliphatic carbocycles. The highest BCUT2D eigenvalue weighted by atomic mass is 35.5. The van der Waals surface area contributed by atoms with E-state index in [0.717, 1.165) is 5.56 Å². The Labute approximate surface area is 171 Å². The highest BCUT2D eigenvalue weighted by Gasteiger charge is 2.18.